The molecule has 0 aliphatic carbocycles. The number of carbonyl (C=O) groups is 2. The maximum atomic E-state index is 12.7. The van der Waals surface area contributed by atoms with E-state index in [9.17, 15) is 9.59 Å². The average Bonchev–Trinajstić information content (AvgIpc) is 3.15. The van der Waals surface area contributed by atoms with E-state index in [0.717, 1.165) is 16.6 Å². The van der Waals surface area contributed by atoms with Gasteiger partial charge in [-0.25, -0.2) is 4.98 Å². The van der Waals surface area contributed by atoms with Crippen molar-refractivity contribution in [3.63, 3.8) is 0 Å². The van der Waals surface area contributed by atoms with Crippen LogP contribution in [-0.4, -0.2) is 42.5 Å². The lowest BCUT2D eigenvalue weighted by atomic mass is 9.96. The number of Topliss-reactive ketones (excluding diaryl/α,β-unsaturated/α-hetero) is 1. The van der Waals surface area contributed by atoms with Crippen molar-refractivity contribution >= 4 is 35.2 Å². The van der Waals surface area contributed by atoms with Crippen LogP contribution in [-0.2, 0) is 9.53 Å². The number of ether oxygens (including phenoxy) is 3. The van der Waals surface area contributed by atoms with Crippen LogP contribution in [0.2, 0.25) is 0 Å². The number of rotatable bonds is 8. The number of fused-ring (bicyclic) bond motifs is 1. The Labute approximate surface area is 181 Å². The first-order valence-corrected chi connectivity index (χ1v) is 9.38. The third-order valence-electron chi connectivity index (χ3n) is 4.66. The van der Waals surface area contributed by atoms with Crippen molar-refractivity contribution < 1.29 is 23.8 Å². The van der Waals surface area contributed by atoms with E-state index in [1.807, 2.05) is 12.1 Å². The minimum absolute atomic E-state index is 0. The standard InChI is InChI=1S/C22H24N2O5.ClH/c1-5-29-20(25)10-13(2)21(26)14-6-9-17-18(11-14)24-22(23-17)16-8-7-15(27-3)12-19(16)28-4;/h6-9,11-13H,5,10H2,1-4H3,(H,23,24);1H. The van der Waals surface area contributed by atoms with Gasteiger partial charge in [0.25, 0.3) is 0 Å². The van der Waals surface area contributed by atoms with Gasteiger partial charge in [-0.1, -0.05) is 6.92 Å². The first kappa shape index (κ1) is 23.2. The molecule has 1 heterocycles. The largest absolute Gasteiger partial charge is 0.497 e. The molecule has 0 saturated heterocycles. The molecule has 7 nitrogen and oxygen atoms in total. The van der Waals surface area contributed by atoms with Crippen molar-refractivity contribution in [2.45, 2.75) is 20.3 Å². The number of hydrogen-bond acceptors (Lipinski definition) is 6. The lowest BCUT2D eigenvalue weighted by Gasteiger charge is -2.09. The summed E-state index contributed by atoms with van der Waals surface area (Å²) in [5.41, 5.74) is 2.76. The number of hydrogen-bond donors (Lipinski definition) is 1. The summed E-state index contributed by atoms with van der Waals surface area (Å²) < 4.78 is 15.6. The van der Waals surface area contributed by atoms with E-state index < -0.39 is 5.92 Å². The molecular formula is C22H25ClN2O5. The molecular weight excluding hydrogens is 408 g/mol. The molecule has 160 valence electrons. The zero-order chi connectivity index (χ0) is 21.0. The zero-order valence-corrected chi connectivity index (χ0v) is 18.2. The van der Waals surface area contributed by atoms with Crippen molar-refractivity contribution in [2.24, 2.45) is 5.92 Å². The number of esters is 1. The Morgan fingerprint density at radius 3 is 2.53 bits per heavy atom. The lowest BCUT2D eigenvalue weighted by Crippen LogP contribution is -2.17. The zero-order valence-electron chi connectivity index (χ0n) is 17.4. The summed E-state index contributed by atoms with van der Waals surface area (Å²) in [5, 5.41) is 0. The van der Waals surface area contributed by atoms with Crippen LogP contribution >= 0.6 is 12.4 Å². The summed E-state index contributed by atoms with van der Waals surface area (Å²) in [6.45, 7) is 3.77. The van der Waals surface area contributed by atoms with Gasteiger partial charge in [0.2, 0.25) is 0 Å². The highest BCUT2D eigenvalue weighted by Crippen LogP contribution is 2.33. The molecule has 0 radical (unpaired) electrons. The highest BCUT2D eigenvalue weighted by atomic mass is 35.5. The van der Waals surface area contributed by atoms with Crippen LogP contribution in [0.3, 0.4) is 0 Å². The maximum absolute atomic E-state index is 12.7. The van der Waals surface area contributed by atoms with E-state index in [1.54, 1.807) is 52.3 Å². The quantitative estimate of drug-likeness (QED) is 0.418. The van der Waals surface area contributed by atoms with Gasteiger partial charge in [0, 0.05) is 17.5 Å². The molecule has 2 aromatic carbocycles. The monoisotopic (exact) mass is 432 g/mol. The summed E-state index contributed by atoms with van der Waals surface area (Å²) in [7, 11) is 3.18. The molecule has 1 N–H and O–H groups in total. The Kier molecular flexibility index (Phi) is 7.83. The van der Waals surface area contributed by atoms with Crippen LogP contribution in [0.4, 0.5) is 0 Å². The number of carbonyl (C=O) groups excluding carboxylic acids is 2. The van der Waals surface area contributed by atoms with Crippen LogP contribution in [0, 0.1) is 5.92 Å². The van der Waals surface area contributed by atoms with Gasteiger partial charge in [-0.2, -0.15) is 0 Å². The third-order valence-corrected chi connectivity index (χ3v) is 4.66. The Balaban J connectivity index is 0.00000320. The van der Waals surface area contributed by atoms with Crippen LogP contribution in [0.5, 0.6) is 11.5 Å². The fourth-order valence-corrected chi connectivity index (χ4v) is 3.13. The maximum Gasteiger partial charge on any atom is 0.306 e. The minimum atomic E-state index is -0.462. The molecule has 0 aliphatic rings. The third kappa shape index (κ3) is 4.91. The van der Waals surface area contributed by atoms with Gasteiger partial charge in [0.1, 0.15) is 17.3 Å². The van der Waals surface area contributed by atoms with Crippen molar-refractivity contribution in [3.05, 3.63) is 42.0 Å². The molecule has 8 heteroatoms. The second-order valence-electron chi connectivity index (χ2n) is 6.66. The number of halogens is 1. The smallest absolute Gasteiger partial charge is 0.306 e. The van der Waals surface area contributed by atoms with Crippen molar-refractivity contribution in [1.29, 1.82) is 0 Å². The highest BCUT2D eigenvalue weighted by molar-refractivity contribution is 6.01. The number of H-pyrrole nitrogens is 1. The van der Waals surface area contributed by atoms with Gasteiger partial charge in [-0.15, -0.1) is 12.4 Å². The normalized spacial score (nSPS) is 11.5. The first-order chi connectivity index (χ1) is 14.0. The lowest BCUT2D eigenvalue weighted by molar-refractivity contribution is -0.143. The molecule has 0 aliphatic heterocycles. The molecule has 3 rings (SSSR count). The number of ketones is 1. The predicted octanol–water partition coefficient (Wildman–Crippen LogP) is 4.44. The Morgan fingerprint density at radius 2 is 1.87 bits per heavy atom. The van der Waals surface area contributed by atoms with Gasteiger partial charge >= 0.3 is 5.97 Å². The molecule has 3 aromatic rings. The van der Waals surface area contributed by atoms with E-state index >= 15 is 0 Å². The van der Waals surface area contributed by atoms with Gasteiger partial charge < -0.3 is 19.2 Å². The summed E-state index contributed by atoms with van der Waals surface area (Å²) in [5.74, 6) is 0.996. The Hall–Kier alpha value is -3.06. The van der Waals surface area contributed by atoms with Crippen LogP contribution in [0.25, 0.3) is 22.4 Å². The van der Waals surface area contributed by atoms with E-state index in [-0.39, 0.29) is 30.6 Å². The summed E-state index contributed by atoms with van der Waals surface area (Å²) in [6, 6.07) is 10.7. The predicted molar refractivity (Wildman–Crippen MR) is 117 cm³/mol. The molecule has 1 atom stereocenters. The Bertz CT molecular complexity index is 1050. The molecule has 0 saturated carbocycles. The van der Waals surface area contributed by atoms with E-state index in [0.29, 0.717) is 29.5 Å². The van der Waals surface area contributed by atoms with E-state index in [2.05, 4.69) is 9.97 Å². The van der Waals surface area contributed by atoms with Crippen LogP contribution in [0.1, 0.15) is 30.6 Å². The first-order valence-electron chi connectivity index (χ1n) is 9.38. The SMILES string of the molecule is CCOC(=O)CC(C)C(=O)c1ccc2nc(-c3ccc(OC)cc3OC)[nH]c2c1.Cl. The number of nitrogens with zero attached hydrogens (tertiary/aromatic N) is 1. The second-order valence-corrected chi connectivity index (χ2v) is 6.66. The Morgan fingerprint density at radius 1 is 1.10 bits per heavy atom. The van der Waals surface area contributed by atoms with Crippen LogP contribution in [0.15, 0.2) is 36.4 Å². The number of benzene rings is 2. The fourth-order valence-electron chi connectivity index (χ4n) is 3.13. The van der Waals surface area contributed by atoms with E-state index in [1.165, 1.54) is 0 Å². The minimum Gasteiger partial charge on any atom is -0.497 e. The number of aromatic nitrogens is 2. The average molecular weight is 433 g/mol. The summed E-state index contributed by atoms with van der Waals surface area (Å²) in [6.07, 6.45) is 0.0575. The molecule has 0 spiro atoms. The molecule has 30 heavy (non-hydrogen) atoms. The van der Waals surface area contributed by atoms with Gasteiger partial charge in [-0.05, 0) is 37.3 Å². The number of methoxy groups -OCH3 is 2. The van der Waals surface area contributed by atoms with Gasteiger partial charge in [0.15, 0.2) is 5.78 Å². The number of nitrogens with one attached hydrogen (secondary N) is 1. The molecule has 0 bridgehead atoms. The van der Waals surface area contributed by atoms with Crippen LogP contribution < -0.4 is 9.47 Å². The molecule has 0 amide bonds. The highest BCUT2D eigenvalue weighted by Gasteiger charge is 2.20. The van der Waals surface area contributed by atoms with E-state index in [4.69, 9.17) is 14.2 Å². The summed E-state index contributed by atoms with van der Waals surface area (Å²) >= 11 is 0. The molecule has 1 aromatic heterocycles. The molecule has 1 unspecified atom stereocenters. The van der Waals surface area contributed by atoms with Crippen molar-refractivity contribution in [1.82, 2.24) is 9.97 Å². The molecule has 0 fully saturated rings. The fraction of sp³-hybridized carbons (Fsp3) is 0.318. The number of imidazole rings is 1. The van der Waals surface area contributed by atoms with Gasteiger partial charge in [-0.3, -0.25) is 9.59 Å². The van der Waals surface area contributed by atoms with Gasteiger partial charge in [0.05, 0.1) is 43.8 Å². The summed E-state index contributed by atoms with van der Waals surface area (Å²) in [4.78, 5) is 32.2. The van der Waals surface area contributed by atoms with Crippen molar-refractivity contribution in [2.75, 3.05) is 20.8 Å². The second kappa shape index (κ2) is 10.1. The van der Waals surface area contributed by atoms with Crippen molar-refractivity contribution in [3.8, 4) is 22.9 Å². The topological polar surface area (TPSA) is 90.5 Å². The number of aromatic amines is 1.